The third-order valence-corrected chi connectivity index (χ3v) is 4.01. The number of hydrogen-bond acceptors (Lipinski definition) is 3. The van der Waals surface area contributed by atoms with Crippen LogP contribution < -0.4 is 5.73 Å². The van der Waals surface area contributed by atoms with E-state index in [0.717, 1.165) is 31.1 Å². The van der Waals surface area contributed by atoms with E-state index >= 15 is 0 Å². The van der Waals surface area contributed by atoms with Crippen molar-refractivity contribution >= 4 is 11.6 Å². The highest BCUT2D eigenvalue weighted by Gasteiger charge is 2.29. The van der Waals surface area contributed by atoms with Crippen molar-refractivity contribution in [1.82, 2.24) is 4.90 Å². The van der Waals surface area contributed by atoms with Crippen molar-refractivity contribution in [2.75, 3.05) is 19.7 Å². The van der Waals surface area contributed by atoms with Gasteiger partial charge in [-0.05, 0) is 31.0 Å². The zero-order valence-corrected chi connectivity index (χ0v) is 12.4. The molecule has 1 aromatic rings. The molecule has 0 spiro atoms. The summed E-state index contributed by atoms with van der Waals surface area (Å²) in [6, 6.07) is 8.43. The predicted molar refractivity (Wildman–Crippen MR) is 79.4 cm³/mol. The average molecular weight is 283 g/mol. The van der Waals surface area contributed by atoms with Crippen LogP contribution in [-0.4, -0.2) is 36.7 Å². The normalized spacial score (nSPS) is 24.1. The van der Waals surface area contributed by atoms with Crippen LogP contribution in [0.1, 0.15) is 31.9 Å². The summed E-state index contributed by atoms with van der Waals surface area (Å²) >= 11 is 5.97. The van der Waals surface area contributed by atoms with Crippen LogP contribution in [0.2, 0.25) is 5.02 Å². The van der Waals surface area contributed by atoms with E-state index in [0.29, 0.717) is 0 Å². The first-order valence-electron chi connectivity index (χ1n) is 6.98. The molecule has 3 unspecified atom stereocenters. The molecule has 1 aliphatic heterocycles. The number of morpholine rings is 1. The van der Waals surface area contributed by atoms with Crippen LogP contribution in [0.15, 0.2) is 24.3 Å². The lowest BCUT2D eigenvalue weighted by molar-refractivity contribution is -0.0386. The van der Waals surface area contributed by atoms with E-state index in [2.05, 4.69) is 30.9 Å². The molecule has 0 saturated carbocycles. The van der Waals surface area contributed by atoms with E-state index in [-0.39, 0.29) is 18.2 Å². The molecule has 3 atom stereocenters. The van der Waals surface area contributed by atoms with Crippen molar-refractivity contribution in [2.45, 2.75) is 38.5 Å². The number of hydrogen-bond donors (Lipinski definition) is 1. The number of nitrogens with two attached hydrogens (primary N) is 1. The Morgan fingerprint density at radius 1 is 1.42 bits per heavy atom. The van der Waals surface area contributed by atoms with Gasteiger partial charge in [-0.15, -0.1) is 0 Å². The first-order chi connectivity index (χ1) is 9.11. The summed E-state index contributed by atoms with van der Waals surface area (Å²) < 4.78 is 5.62. The Labute approximate surface area is 120 Å². The molecule has 106 valence electrons. The maximum atomic E-state index is 6.35. The van der Waals surface area contributed by atoms with E-state index in [1.165, 1.54) is 5.56 Å². The summed E-state index contributed by atoms with van der Waals surface area (Å²) in [7, 11) is 0. The predicted octanol–water partition coefficient (Wildman–Crippen LogP) is 2.84. The van der Waals surface area contributed by atoms with Crippen molar-refractivity contribution in [1.29, 1.82) is 0 Å². The van der Waals surface area contributed by atoms with E-state index in [1.807, 2.05) is 12.1 Å². The number of halogens is 1. The lowest BCUT2D eigenvalue weighted by Crippen LogP contribution is -2.48. The molecule has 0 aromatic heterocycles. The van der Waals surface area contributed by atoms with Gasteiger partial charge in [-0.1, -0.05) is 30.7 Å². The molecule has 1 fully saturated rings. The van der Waals surface area contributed by atoms with Gasteiger partial charge in [0, 0.05) is 24.2 Å². The molecule has 0 amide bonds. The smallest absolute Gasteiger partial charge is 0.0674 e. The molecule has 0 radical (unpaired) electrons. The van der Waals surface area contributed by atoms with Gasteiger partial charge in [0.1, 0.15) is 0 Å². The Morgan fingerprint density at radius 3 is 2.68 bits per heavy atom. The topological polar surface area (TPSA) is 38.5 Å². The lowest BCUT2D eigenvalue weighted by atomic mass is 9.95. The molecule has 3 nitrogen and oxygen atoms in total. The van der Waals surface area contributed by atoms with Crippen LogP contribution >= 0.6 is 11.6 Å². The summed E-state index contributed by atoms with van der Waals surface area (Å²) in [5, 5.41) is 0.767. The molecule has 1 heterocycles. The number of benzene rings is 1. The molecule has 19 heavy (non-hydrogen) atoms. The van der Waals surface area contributed by atoms with E-state index in [9.17, 15) is 0 Å². The van der Waals surface area contributed by atoms with Gasteiger partial charge in [0.25, 0.3) is 0 Å². The van der Waals surface area contributed by atoms with Crippen molar-refractivity contribution in [2.24, 2.45) is 5.73 Å². The molecule has 2 N–H and O–H groups in total. The highest BCUT2D eigenvalue weighted by Crippen LogP contribution is 2.28. The Kier molecular flexibility index (Phi) is 5.22. The van der Waals surface area contributed by atoms with Gasteiger partial charge in [0.15, 0.2) is 0 Å². The molecule has 2 rings (SSSR count). The van der Waals surface area contributed by atoms with Crippen LogP contribution in [0.5, 0.6) is 0 Å². The van der Waals surface area contributed by atoms with Crippen LogP contribution in [0.25, 0.3) is 0 Å². The van der Waals surface area contributed by atoms with Gasteiger partial charge in [-0.2, -0.15) is 0 Å². The van der Waals surface area contributed by atoms with E-state index in [1.54, 1.807) is 0 Å². The van der Waals surface area contributed by atoms with Gasteiger partial charge in [-0.3, -0.25) is 4.90 Å². The standard InChI is InChI=1S/C15H23ClN2O/c1-3-14(17)15(12-4-6-13(16)7-5-12)18-8-9-19-11(2)10-18/h4-7,11,14-15H,3,8-10,17H2,1-2H3. The van der Waals surface area contributed by atoms with Gasteiger partial charge in [0.2, 0.25) is 0 Å². The quantitative estimate of drug-likeness (QED) is 0.923. The summed E-state index contributed by atoms with van der Waals surface area (Å²) in [5.41, 5.74) is 7.59. The molecule has 4 heteroatoms. The zero-order chi connectivity index (χ0) is 13.8. The number of rotatable bonds is 4. The van der Waals surface area contributed by atoms with Crippen molar-refractivity contribution in [3.8, 4) is 0 Å². The van der Waals surface area contributed by atoms with Gasteiger partial charge in [-0.25, -0.2) is 0 Å². The summed E-state index contributed by atoms with van der Waals surface area (Å²) in [6.45, 7) is 6.90. The highest BCUT2D eigenvalue weighted by atomic mass is 35.5. The fourth-order valence-electron chi connectivity index (χ4n) is 2.71. The van der Waals surface area contributed by atoms with E-state index in [4.69, 9.17) is 22.1 Å². The van der Waals surface area contributed by atoms with Crippen LogP contribution in [0.3, 0.4) is 0 Å². The largest absolute Gasteiger partial charge is 0.376 e. The maximum Gasteiger partial charge on any atom is 0.0674 e. The first kappa shape index (κ1) is 14.8. The van der Waals surface area contributed by atoms with Crippen molar-refractivity contribution in [3.05, 3.63) is 34.9 Å². The van der Waals surface area contributed by atoms with Crippen LogP contribution in [0, 0.1) is 0 Å². The third-order valence-electron chi connectivity index (χ3n) is 3.75. The highest BCUT2D eigenvalue weighted by molar-refractivity contribution is 6.30. The summed E-state index contributed by atoms with van der Waals surface area (Å²) in [6.07, 6.45) is 1.23. The molecular formula is C15H23ClN2O. The number of nitrogens with zero attached hydrogens (tertiary/aromatic N) is 1. The van der Waals surface area contributed by atoms with E-state index < -0.39 is 0 Å². The number of ether oxygens (including phenoxy) is 1. The summed E-state index contributed by atoms with van der Waals surface area (Å²) in [5.74, 6) is 0. The Hall–Kier alpha value is -0.610. The van der Waals surface area contributed by atoms with Crippen molar-refractivity contribution in [3.63, 3.8) is 0 Å². The van der Waals surface area contributed by atoms with Crippen LogP contribution in [-0.2, 0) is 4.74 Å². The minimum Gasteiger partial charge on any atom is -0.376 e. The molecule has 0 aliphatic carbocycles. The lowest BCUT2D eigenvalue weighted by Gasteiger charge is -2.40. The van der Waals surface area contributed by atoms with Gasteiger partial charge >= 0.3 is 0 Å². The minimum atomic E-state index is 0.131. The fourth-order valence-corrected chi connectivity index (χ4v) is 2.84. The molecule has 1 aliphatic rings. The average Bonchev–Trinajstić information content (AvgIpc) is 2.41. The second-order valence-corrected chi connectivity index (χ2v) is 5.68. The van der Waals surface area contributed by atoms with Crippen molar-refractivity contribution < 1.29 is 4.74 Å². The van der Waals surface area contributed by atoms with Gasteiger partial charge in [0.05, 0.1) is 18.8 Å². The third kappa shape index (κ3) is 3.69. The zero-order valence-electron chi connectivity index (χ0n) is 11.7. The Balaban J connectivity index is 2.22. The second kappa shape index (κ2) is 6.71. The SMILES string of the molecule is CCC(N)C(c1ccc(Cl)cc1)N1CCOC(C)C1. The Morgan fingerprint density at radius 2 is 2.11 bits per heavy atom. The first-order valence-corrected chi connectivity index (χ1v) is 7.36. The summed E-state index contributed by atoms with van der Waals surface area (Å²) in [4.78, 5) is 2.44. The minimum absolute atomic E-state index is 0.131. The molecule has 0 bridgehead atoms. The van der Waals surface area contributed by atoms with Gasteiger partial charge < -0.3 is 10.5 Å². The molecular weight excluding hydrogens is 260 g/mol. The monoisotopic (exact) mass is 282 g/mol. The Bertz CT molecular complexity index is 396. The molecule has 1 saturated heterocycles. The maximum absolute atomic E-state index is 6.35. The van der Waals surface area contributed by atoms with Crippen LogP contribution in [0.4, 0.5) is 0 Å². The fraction of sp³-hybridized carbons (Fsp3) is 0.600. The molecule has 1 aromatic carbocycles. The second-order valence-electron chi connectivity index (χ2n) is 5.24.